The third-order valence-electron chi connectivity index (χ3n) is 1.60. The number of hydrogen-bond acceptors (Lipinski definition) is 2. The largest absolute Gasteiger partial charge is 0.391 e. The molecular weight excluding hydrogens is 154 g/mol. The van der Waals surface area contributed by atoms with Gasteiger partial charge in [-0.2, -0.15) is 0 Å². The number of aliphatic hydroxyl groups excluding tert-OH is 1. The van der Waals surface area contributed by atoms with Crippen LogP contribution in [-0.2, 0) is 13.2 Å². The van der Waals surface area contributed by atoms with Crippen molar-refractivity contribution in [3.63, 3.8) is 0 Å². The van der Waals surface area contributed by atoms with E-state index in [9.17, 15) is 4.79 Å². The molecule has 0 unspecified atom stereocenters. The van der Waals surface area contributed by atoms with Crippen molar-refractivity contribution in [1.82, 2.24) is 4.57 Å². The molecule has 0 saturated carbocycles. The van der Waals surface area contributed by atoms with Crippen molar-refractivity contribution in [2.24, 2.45) is 0 Å². The molecule has 0 atom stereocenters. The molecule has 1 heterocycles. The highest BCUT2D eigenvalue weighted by molar-refractivity contribution is 5.09. The zero-order valence-electron chi connectivity index (χ0n) is 6.73. The first-order valence-corrected chi connectivity index (χ1v) is 3.69. The summed E-state index contributed by atoms with van der Waals surface area (Å²) >= 11 is 0. The molecule has 0 aromatic carbocycles. The number of allylic oxidation sites excluding steroid dienone is 1. The normalized spacial score (nSPS) is 9.75. The molecule has 0 amide bonds. The third-order valence-corrected chi connectivity index (χ3v) is 1.60. The quantitative estimate of drug-likeness (QED) is 0.664. The maximum Gasteiger partial charge on any atom is 0.256 e. The van der Waals surface area contributed by atoms with Gasteiger partial charge in [-0.15, -0.1) is 6.58 Å². The van der Waals surface area contributed by atoms with Crippen LogP contribution in [0.2, 0.25) is 0 Å². The maximum absolute atomic E-state index is 11.3. The second-order valence-corrected chi connectivity index (χ2v) is 2.44. The number of rotatable bonds is 3. The average Bonchev–Trinajstić information content (AvgIpc) is 2.09. The molecule has 0 aliphatic rings. The van der Waals surface area contributed by atoms with Crippen molar-refractivity contribution >= 4 is 0 Å². The lowest BCUT2D eigenvalue weighted by Gasteiger charge is -2.02. The van der Waals surface area contributed by atoms with Gasteiger partial charge in [-0.25, -0.2) is 0 Å². The van der Waals surface area contributed by atoms with Crippen molar-refractivity contribution in [3.05, 3.63) is 46.9 Å². The second-order valence-electron chi connectivity index (χ2n) is 2.44. The van der Waals surface area contributed by atoms with E-state index in [2.05, 4.69) is 6.58 Å². The van der Waals surface area contributed by atoms with E-state index in [1.54, 1.807) is 24.4 Å². The molecule has 0 radical (unpaired) electrons. The standard InChI is InChI=1S/C9H11NO2/c1-2-5-10-6-3-4-8(7-11)9(10)12/h2-4,6,11H,1,5,7H2. The Bertz CT molecular complexity index is 328. The van der Waals surface area contributed by atoms with Crippen LogP contribution >= 0.6 is 0 Å². The van der Waals surface area contributed by atoms with Crippen molar-refractivity contribution in [2.45, 2.75) is 13.2 Å². The van der Waals surface area contributed by atoms with Crippen LogP contribution in [0.4, 0.5) is 0 Å². The van der Waals surface area contributed by atoms with Gasteiger partial charge in [-0.3, -0.25) is 4.79 Å². The Morgan fingerprint density at radius 1 is 1.67 bits per heavy atom. The van der Waals surface area contributed by atoms with Gasteiger partial charge < -0.3 is 9.67 Å². The van der Waals surface area contributed by atoms with Crippen LogP contribution in [0.5, 0.6) is 0 Å². The molecule has 3 heteroatoms. The lowest BCUT2D eigenvalue weighted by atomic mass is 10.3. The summed E-state index contributed by atoms with van der Waals surface area (Å²) in [4.78, 5) is 11.3. The molecule has 0 saturated heterocycles. The average molecular weight is 165 g/mol. The minimum absolute atomic E-state index is 0.153. The SMILES string of the molecule is C=CCn1cccc(CO)c1=O. The van der Waals surface area contributed by atoms with E-state index in [1.807, 2.05) is 0 Å². The summed E-state index contributed by atoms with van der Waals surface area (Å²) < 4.78 is 1.50. The van der Waals surface area contributed by atoms with E-state index in [0.29, 0.717) is 12.1 Å². The Hall–Kier alpha value is -1.35. The summed E-state index contributed by atoms with van der Waals surface area (Å²) in [6, 6.07) is 3.35. The lowest BCUT2D eigenvalue weighted by Crippen LogP contribution is -2.22. The van der Waals surface area contributed by atoms with Crippen LogP contribution < -0.4 is 5.56 Å². The smallest absolute Gasteiger partial charge is 0.256 e. The van der Waals surface area contributed by atoms with Crippen LogP contribution in [0.3, 0.4) is 0 Å². The number of aromatic nitrogens is 1. The highest BCUT2D eigenvalue weighted by Gasteiger charge is 1.98. The molecule has 1 rings (SSSR count). The van der Waals surface area contributed by atoms with Gasteiger partial charge in [0.05, 0.1) is 6.61 Å². The minimum atomic E-state index is -0.211. The van der Waals surface area contributed by atoms with E-state index >= 15 is 0 Å². The van der Waals surface area contributed by atoms with Crippen LogP contribution in [0.1, 0.15) is 5.56 Å². The zero-order valence-corrected chi connectivity index (χ0v) is 6.73. The molecule has 1 N–H and O–H groups in total. The van der Waals surface area contributed by atoms with Gasteiger partial charge in [0.2, 0.25) is 0 Å². The molecule has 0 fully saturated rings. The van der Waals surface area contributed by atoms with Gasteiger partial charge in [-0.1, -0.05) is 6.08 Å². The van der Waals surface area contributed by atoms with Crippen LogP contribution in [0, 0.1) is 0 Å². The van der Waals surface area contributed by atoms with E-state index in [0.717, 1.165) is 0 Å². The summed E-state index contributed by atoms with van der Waals surface area (Å²) in [5, 5.41) is 8.77. The van der Waals surface area contributed by atoms with Crippen LogP contribution in [0.15, 0.2) is 35.8 Å². The fourth-order valence-electron chi connectivity index (χ4n) is 0.990. The van der Waals surface area contributed by atoms with Gasteiger partial charge in [0.25, 0.3) is 5.56 Å². The van der Waals surface area contributed by atoms with E-state index in [4.69, 9.17) is 5.11 Å². The van der Waals surface area contributed by atoms with Gasteiger partial charge in [0.1, 0.15) is 0 Å². The predicted molar refractivity (Wildman–Crippen MR) is 46.8 cm³/mol. The molecule has 0 aliphatic carbocycles. The van der Waals surface area contributed by atoms with Crippen molar-refractivity contribution in [3.8, 4) is 0 Å². The monoisotopic (exact) mass is 165 g/mol. The fraction of sp³-hybridized carbons (Fsp3) is 0.222. The Morgan fingerprint density at radius 3 is 3.00 bits per heavy atom. The van der Waals surface area contributed by atoms with E-state index < -0.39 is 0 Å². The summed E-state index contributed by atoms with van der Waals surface area (Å²) in [6.07, 6.45) is 3.31. The topological polar surface area (TPSA) is 42.2 Å². The molecule has 64 valence electrons. The molecule has 12 heavy (non-hydrogen) atoms. The number of aliphatic hydroxyl groups is 1. The number of pyridine rings is 1. The first-order chi connectivity index (χ1) is 5.79. The first-order valence-electron chi connectivity index (χ1n) is 3.69. The highest BCUT2D eigenvalue weighted by Crippen LogP contribution is 1.91. The predicted octanol–water partition coefficient (Wildman–Crippen LogP) is 0.527. The molecule has 0 bridgehead atoms. The van der Waals surface area contributed by atoms with Gasteiger partial charge in [0.15, 0.2) is 0 Å². The van der Waals surface area contributed by atoms with Crippen LogP contribution in [0.25, 0.3) is 0 Å². The fourth-order valence-corrected chi connectivity index (χ4v) is 0.990. The summed E-state index contributed by atoms with van der Waals surface area (Å²) in [6.45, 7) is 3.80. The van der Waals surface area contributed by atoms with Crippen LogP contribution in [-0.4, -0.2) is 9.67 Å². The van der Waals surface area contributed by atoms with Crippen molar-refractivity contribution in [2.75, 3.05) is 0 Å². The van der Waals surface area contributed by atoms with Gasteiger partial charge in [0, 0.05) is 18.3 Å². The Balaban J connectivity index is 3.14. The van der Waals surface area contributed by atoms with E-state index in [1.165, 1.54) is 4.57 Å². The molecule has 0 aliphatic heterocycles. The molecule has 1 aromatic rings. The minimum Gasteiger partial charge on any atom is -0.391 e. The molecule has 3 nitrogen and oxygen atoms in total. The zero-order chi connectivity index (χ0) is 8.97. The number of nitrogens with zero attached hydrogens (tertiary/aromatic N) is 1. The maximum atomic E-state index is 11.3. The summed E-state index contributed by atoms with van der Waals surface area (Å²) in [5.41, 5.74) is 0.263. The molecule has 0 spiro atoms. The van der Waals surface area contributed by atoms with Gasteiger partial charge >= 0.3 is 0 Å². The van der Waals surface area contributed by atoms with Crippen molar-refractivity contribution < 1.29 is 5.11 Å². The Labute approximate surface area is 70.6 Å². The lowest BCUT2D eigenvalue weighted by molar-refractivity contribution is 0.279. The molecule has 1 aromatic heterocycles. The highest BCUT2D eigenvalue weighted by atomic mass is 16.3. The molecular formula is C9H11NO2. The van der Waals surface area contributed by atoms with Crippen molar-refractivity contribution in [1.29, 1.82) is 0 Å². The Kier molecular flexibility index (Phi) is 2.82. The Morgan fingerprint density at radius 2 is 2.42 bits per heavy atom. The first kappa shape index (κ1) is 8.74. The summed E-state index contributed by atoms with van der Waals surface area (Å²) in [7, 11) is 0. The summed E-state index contributed by atoms with van der Waals surface area (Å²) in [5.74, 6) is 0. The second kappa shape index (κ2) is 3.88. The number of hydrogen-bond donors (Lipinski definition) is 1. The third kappa shape index (κ3) is 1.62. The van der Waals surface area contributed by atoms with Gasteiger partial charge in [-0.05, 0) is 12.1 Å². The van der Waals surface area contributed by atoms with E-state index in [-0.39, 0.29) is 12.2 Å².